The van der Waals surface area contributed by atoms with Crippen molar-refractivity contribution in [2.45, 2.75) is 32.1 Å². The molecule has 1 N–H and O–H groups in total. The van der Waals surface area contributed by atoms with E-state index in [9.17, 15) is 9.18 Å². The molecule has 1 atom stereocenters. The van der Waals surface area contributed by atoms with Gasteiger partial charge in [0.1, 0.15) is 12.4 Å². The lowest BCUT2D eigenvalue weighted by molar-refractivity contribution is -0.947. The van der Waals surface area contributed by atoms with Crippen LogP contribution in [0.3, 0.4) is 0 Å². The highest BCUT2D eigenvalue weighted by Gasteiger charge is 2.34. The van der Waals surface area contributed by atoms with Gasteiger partial charge in [0.05, 0.1) is 11.6 Å². The first-order chi connectivity index (χ1) is 11.2. The quantitative estimate of drug-likeness (QED) is 0.782. The van der Waals surface area contributed by atoms with E-state index in [0.29, 0.717) is 18.3 Å². The molecule has 1 aliphatic rings. The maximum atomic E-state index is 13.1. The molecule has 1 aliphatic carbocycles. The molecular weight excluding hydrogens is 295 g/mol. The molecule has 23 heavy (non-hydrogen) atoms. The maximum Gasteiger partial charge on any atom is 0.424 e. The third-order valence-corrected chi connectivity index (χ3v) is 4.43. The van der Waals surface area contributed by atoms with E-state index in [2.05, 4.69) is 0 Å². The molecule has 0 aliphatic heterocycles. The van der Waals surface area contributed by atoms with Crippen LogP contribution in [0.25, 0.3) is 11.1 Å². The molecule has 0 saturated heterocycles. The van der Waals surface area contributed by atoms with Crippen molar-refractivity contribution < 1.29 is 13.7 Å². The summed E-state index contributed by atoms with van der Waals surface area (Å²) < 4.78 is 20.1. The normalized spacial score (nSPS) is 15.9. The number of oxazole rings is 1. The molecule has 118 valence electrons. The highest BCUT2D eigenvalue weighted by molar-refractivity contribution is 5.72. The van der Waals surface area contributed by atoms with Crippen LogP contribution >= 0.6 is 0 Å². The van der Waals surface area contributed by atoms with Gasteiger partial charge in [0.25, 0.3) is 0 Å². The van der Waals surface area contributed by atoms with Crippen molar-refractivity contribution >= 4 is 11.1 Å². The van der Waals surface area contributed by atoms with Crippen molar-refractivity contribution in [3.63, 3.8) is 0 Å². The molecule has 5 heteroatoms. The van der Waals surface area contributed by atoms with Gasteiger partial charge in [-0.1, -0.05) is 24.3 Å². The van der Waals surface area contributed by atoms with Crippen molar-refractivity contribution in [2.75, 3.05) is 0 Å². The first-order valence-electron chi connectivity index (χ1n) is 7.88. The SMILES string of the molecule is O=c1oc2ccccc2n1C[NH+](Cc1ccc(F)cc1)C1CC1. The number of halogens is 1. The van der Waals surface area contributed by atoms with E-state index in [1.807, 2.05) is 36.4 Å². The number of fused-ring (bicyclic) bond motifs is 1. The molecule has 0 amide bonds. The van der Waals surface area contributed by atoms with Crippen LogP contribution in [0.5, 0.6) is 0 Å². The fourth-order valence-corrected chi connectivity index (χ4v) is 3.05. The van der Waals surface area contributed by atoms with Gasteiger partial charge in [-0.25, -0.2) is 13.8 Å². The van der Waals surface area contributed by atoms with Gasteiger partial charge in [-0.15, -0.1) is 0 Å². The van der Waals surface area contributed by atoms with Gasteiger partial charge in [0.15, 0.2) is 12.3 Å². The zero-order valence-corrected chi connectivity index (χ0v) is 12.7. The molecule has 2 aromatic carbocycles. The van der Waals surface area contributed by atoms with Crippen LogP contribution in [-0.4, -0.2) is 10.6 Å². The van der Waals surface area contributed by atoms with Crippen LogP contribution < -0.4 is 10.7 Å². The Labute approximate surface area is 132 Å². The van der Waals surface area contributed by atoms with Gasteiger partial charge in [-0.2, -0.15) is 0 Å². The predicted octanol–water partition coefficient (Wildman–Crippen LogP) is 1.94. The molecule has 1 fully saturated rings. The van der Waals surface area contributed by atoms with E-state index < -0.39 is 0 Å². The molecular formula is C18H18FN2O2+. The number of hydrogen-bond donors (Lipinski definition) is 1. The van der Waals surface area contributed by atoms with Crippen LogP contribution in [0, 0.1) is 5.82 Å². The lowest BCUT2D eigenvalue weighted by atomic mass is 10.2. The molecule has 1 unspecified atom stereocenters. The lowest BCUT2D eigenvalue weighted by Gasteiger charge is -2.19. The Balaban J connectivity index is 1.62. The third-order valence-electron chi connectivity index (χ3n) is 4.43. The molecule has 1 heterocycles. The number of quaternary nitrogens is 1. The summed E-state index contributed by atoms with van der Waals surface area (Å²) in [5, 5.41) is 0. The summed E-state index contributed by atoms with van der Waals surface area (Å²) in [6.45, 7) is 1.34. The van der Waals surface area contributed by atoms with E-state index in [4.69, 9.17) is 4.42 Å². The van der Waals surface area contributed by atoms with Crippen molar-refractivity contribution in [3.8, 4) is 0 Å². The van der Waals surface area contributed by atoms with E-state index in [0.717, 1.165) is 17.6 Å². The Kier molecular flexibility index (Phi) is 3.50. The number of nitrogens with one attached hydrogen (secondary N) is 1. The molecule has 1 saturated carbocycles. The van der Waals surface area contributed by atoms with Crippen molar-refractivity contribution in [1.82, 2.24) is 4.57 Å². The average molecular weight is 313 g/mol. The number of nitrogens with zero attached hydrogens (tertiary/aromatic N) is 1. The second kappa shape index (κ2) is 5.66. The minimum absolute atomic E-state index is 0.223. The van der Waals surface area contributed by atoms with Gasteiger partial charge in [0.2, 0.25) is 0 Å². The van der Waals surface area contributed by atoms with Crippen LogP contribution in [0.4, 0.5) is 4.39 Å². The molecule has 4 nitrogen and oxygen atoms in total. The van der Waals surface area contributed by atoms with Gasteiger partial charge < -0.3 is 9.32 Å². The lowest BCUT2D eigenvalue weighted by Crippen LogP contribution is -3.11. The highest BCUT2D eigenvalue weighted by Crippen LogP contribution is 2.17. The summed E-state index contributed by atoms with van der Waals surface area (Å²) >= 11 is 0. The summed E-state index contributed by atoms with van der Waals surface area (Å²) in [7, 11) is 0. The molecule has 3 aromatic rings. The molecule has 0 radical (unpaired) electrons. The summed E-state index contributed by atoms with van der Waals surface area (Å²) in [5.74, 6) is -0.540. The van der Waals surface area contributed by atoms with Gasteiger partial charge in [-0.3, -0.25) is 0 Å². The summed E-state index contributed by atoms with van der Waals surface area (Å²) in [4.78, 5) is 13.5. The summed E-state index contributed by atoms with van der Waals surface area (Å²) in [5.41, 5.74) is 2.53. The largest absolute Gasteiger partial charge is 0.424 e. The minimum atomic E-state index is -0.316. The van der Waals surface area contributed by atoms with E-state index in [1.165, 1.54) is 29.9 Å². The van der Waals surface area contributed by atoms with Gasteiger partial charge >= 0.3 is 5.76 Å². The van der Waals surface area contributed by atoms with Crippen molar-refractivity contribution in [1.29, 1.82) is 0 Å². The number of para-hydroxylation sites is 2. The third kappa shape index (κ3) is 2.92. The second-order valence-electron chi connectivity index (χ2n) is 6.16. The fraction of sp³-hybridized carbons (Fsp3) is 0.278. The maximum absolute atomic E-state index is 13.1. The molecule has 1 aromatic heterocycles. The summed E-state index contributed by atoms with van der Waals surface area (Å²) in [6, 6.07) is 14.6. The van der Waals surface area contributed by atoms with Gasteiger partial charge in [-0.05, 0) is 24.3 Å². The highest BCUT2D eigenvalue weighted by atomic mass is 19.1. The molecule has 0 spiro atoms. The Bertz CT molecular complexity index is 878. The van der Waals surface area contributed by atoms with Crippen LogP contribution in [0.1, 0.15) is 18.4 Å². The number of benzene rings is 2. The van der Waals surface area contributed by atoms with E-state index in [1.54, 1.807) is 4.57 Å². The minimum Gasteiger partial charge on any atom is -0.408 e. The standard InChI is InChI=1S/C18H17FN2O2/c19-14-7-5-13(6-8-14)11-20(15-9-10-15)12-21-16-3-1-2-4-17(16)23-18(21)22/h1-8,15H,9-12H2/p+1. The zero-order valence-electron chi connectivity index (χ0n) is 12.7. The summed E-state index contributed by atoms with van der Waals surface area (Å²) in [6.07, 6.45) is 2.34. The Hall–Kier alpha value is -2.40. The number of aromatic nitrogens is 1. The second-order valence-corrected chi connectivity index (χ2v) is 6.16. The van der Waals surface area contributed by atoms with E-state index >= 15 is 0 Å². The predicted molar refractivity (Wildman–Crippen MR) is 84.6 cm³/mol. The average Bonchev–Trinajstić information content (AvgIpc) is 3.34. The topological polar surface area (TPSA) is 39.6 Å². The zero-order chi connectivity index (χ0) is 15.8. The molecule has 0 bridgehead atoms. The Morgan fingerprint density at radius 3 is 2.61 bits per heavy atom. The Morgan fingerprint density at radius 2 is 1.87 bits per heavy atom. The van der Waals surface area contributed by atoms with Crippen LogP contribution in [-0.2, 0) is 13.2 Å². The smallest absolute Gasteiger partial charge is 0.408 e. The van der Waals surface area contributed by atoms with Crippen molar-refractivity contribution in [2.24, 2.45) is 0 Å². The first kappa shape index (κ1) is 14.2. The van der Waals surface area contributed by atoms with Gasteiger partial charge in [0, 0.05) is 18.4 Å². The first-order valence-corrected chi connectivity index (χ1v) is 7.88. The fourth-order valence-electron chi connectivity index (χ4n) is 3.05. The molecule has 4 rings (SSSR count). The van der Waals surface area contributed by atoms with Crippen LogP contribution in [0.2, 0.25) is 0 Å². The number of hydrogen-bond acceptors (Lipinski definition) is 2. The number of rotatable bonds is 5. The van der Waals surface area contributed by atoms with E-state index in [-0.39, 0.29) is 11.6 Å². The monoisotopic (exact) mass is 313 g/mol. The van der Waals surface area contributed by atoms with Crippen LogP contribution in [0.15, 0.2) is 57.7 Å². The van der Waals surface area contributed by atoms with Crippen molar-refractivity contribution in [3.05, 3.63) is 70.5 Å². The Morgan fingerprint density at radius 1 is 1.13 bits per heavy atom.